The molecule has 0 bridgehead atoms. The zero-order valence-corrected chi connectivity index (χ0v) is 13.5. The summed E-state index contributed by atoms with van der Waals surface area (Å²) in [5.74, 6) is 1.62. The molecular formula is C14H10BrNO2S2. The van der Waals surface area contributed by atoms with Crippen LogP contribution in [0.2, 0.25) is 0 Å². The van der Waals surface area contributed by atoms with Crippen molar-refractivity contribution in [3.63, 3.8) is 0 Å². The van der Waals surface area contributed by atoms with Gasteiger partial charge in [-0.1, -0.05) is 58.1 Å². The SMILES string of the molecule is O=C1NC(=S)S/C1=C\c1ccc(C2C=CC=C(Br)C2)o1. The summed E-state index contributed by atoms with van der Waals surface area (Å²) in [5, 5.41) is 2.58. The van der Waals surface area contributed by atoms with Crippen molar-refractivity contribution in [1.82, 2.24) is 5.32 Å². The molecule has 1 N–H and O–H groups in total. The summed E-state index contributed by atoms with van der Waals surface area (Å²) in [6.07, 6.45) is 8.76. The fraction of sp³-hybridized carbons (Fsp3) is 0.143. The van der Waals surface area contributed by atoms with E-state index in [9.17, 15) is 4.79 Å². The van der Waals surface area contributed by atoms with E-state index >= 15 is 0 Å². The van der Waals surface area contributed by atoms with Gasteiger partial charge in [0, 0.05) is 12.0 Å². The Hall–Kier alpha value is -1.11. The summed E-state index contributed by atoms with van der Waals surface area (Å²) in [6.45, 7) is 0. The third kappa shape index (κ3) is 2.97. The molecule has 2 aliphatic rings. The Kier molecular flexibility index (Phi) is 3.96. The van der Waals surface area contributed by atoms with Crippen LogP contribution in [0.15, 0.2) is 44.2 Å². The first-order valence-electron chi connectivity index (χ1n) is 5.99. The molecule has 102 valence electrons. The van der Waals surface area contributed by atoms with Crippen molar-refractivity contribution in [3.8, 4) is 0 Å². The average molecular weight is 368 g/mol. The van der Waals surface area contributed by atoms with E-state index in [4.69, 9.17) is 16.6 Å². The topological polar surface area (TPSA) is 42.2 Å². The van der Waals surface area contributed by atoms with Crippen LogP contribution >= 0.6 is 39.9 Å². The Balaban J connectivity index is 1.79. The Morgan fingerprint density at radius 2 is 2.35 bits per heavy atom. The van der Waals surface area contributed by atoms with Crippen molar-refractivity contribution >= 4 is 56.2 Å². The number of halogens is 1. The lowest BCUT2D eigenvalue weighted by molar-refractivity contribution is -0.115. The molecule has 20 heavy (non-hydrogen) atoms. The van der Waals surface area contributed by atoms with Gasteiger partial charge in [0.25, 0.3) is 5.91 Å². The second-order valence-electron chi connectivity index (χ2n) is 4.40. The number of furan rings is 1. The van der Waals surface area contributed by atoms with Crippen LogP contribution in [-0.4, -0.2) is 10.2 Å². The first-order chi connectivity index (χ1) is 9.61. The fourth-order valence-corrected chi connectivity index (χ4v) is 3.56. The molecule has 0 saturated carbocycles. The molecule has 1 atom stereocenters. The van der Waals surface area contributed by atoms with Crippen LogP contribution in [0.3, 0.4) is 0 Å². The summed E-state index contributed by atoms with van der Waals surface area (Å²) in [5.41, 5.74) is 0. The molecule has 2 heterocycles. The third-order valence-corrected chi connectivity index (χ3v) is 4.71. The highest BCUT2D eigenvalue weighted by molar-refractivity contribution is 9.11. The molecule has 3 rings (SSSR count). The van der Waals surface area contributed by atoms with Gasteiger partial charge in [-0.05, 0) is 23.0 Å². The first kappa shape index (κ1) is 13.9. The zero-order valence-electron chi connectivity index (χ0n) is 10.3. The van der Waals surface area contributed by atoms with Gasteiger partial charge in [0.15, 0.2) is 0 Å². The van der Waals surface area contributed by atoms with Gasteiger partial charge in [-0.25, -0.2) is 0 Å². The van der Waals surface area contributed by atoms with Crippen LogP contribution in [-0.2, 0) is 4.79 Å². The summed E-state index contributed by atoms with van der Waals surface area (Å²) in [7, 11) is 0. The number of thiocarbonyl (C=S) groups is 1. The van der Waals surface area contributed by atoms with Crippen molar-refractivity contribution in [2.45, 2.75) is 12.3 Å². The third-order valence-electron chi connectivity index (χ3n) is 2.96. The number of carbonyl (C=O) groups is 1. The van der Waals surface area contributed by atoms with Crippen molar-refractivity contribution < 1.29 is 9.21 Å². The molecule has 1 amide bonds. The second kappa shape index (κ2) is 5.71. The van der Waals surface area contributed by atoms with E-state index in [1.807, 2.05) is 24.3 Å². The molecule has 1 fully saturated rings. The van der Waals surface area contributed by atoms with Gasteiger partial charge in [0.1, 0.15) is 15.8 Å². The van der Waals surface area contributed by atoms with E-state index < -0.39 is 0 Å². The van der Waals surface area contributed by atoms with Gasteiger partial charge in [0.05, 0.1) is 4.91 Å². The molecule has 1 aliphatic heterocycles. The van der Waals surface area contributed by atoms with Crippen LogP contribution in [0.4, 0.5) is 0 Å². The Morgan fingerprint density at radius 3 is 3.05 bits per heavy atom. The van der Waals surface area contributed by atoms with Crippen LogP contribution in [0.5, 0.6) is 0 Å². The molecule has 0 spiro atoms. The molecule has 6 heteroatoms. The highest BCUT2D eigenvalue weighted by Gasteiger charge is 2.23. The van der Waals surface area contributed by atoms with Crippen molar-refractivity contribution in [3.05, 3.63) is 51.3 Å². The smallest absolute Gasteiger partial charge is 0.263 e. The van der Waals surface area contributed by atoms with Crippen LogP contribution in [0, 0.1) is 0 Å². The lowest BCUT2D eigenvalue weighted by Crippen LogP contribution is -2.17. The zero-order chi connectivity index (χ0) is 14.1. The molecule has 1 aromatic rings. The van der Waals surface area contributed by atoms with E-state index in [1.54, 1.807) is 6.08 Å². The molecule has 1 saturated heterocycles. The molecule has 0 radical (unpaired) electrons. The minimum Gasteiger partial charge on any atom is -0.461 e. The maximum Gasteiger partial charge on any atom is 0.263 e. The van der Waals surface area contributed by atoms with Gasteiger partial charge in [-0.15, -0.1) is 0 Å². The normalized spacial score (nSPS) is 24.1. The summed E-state index contributed by atoms with van der Waals surface area (Å²) >= 11 is 9.71. The van der Waals surface area contributed by atoms with Crippen LogP contribution in [0.1, 0.15) is 23.9 Å². The lowest BCUT2D eigenvalue weighted by Gasteiger charge is -2.12. The fourth-order valence-electron chi connectivity index (χ4n) is 2.03. The highest BCUT2D eigenvalue weighted by Crippen LogP contribution is 2.33. The number of hydrogen-bond donors (Lipinski definition) is 1. The lowest BCUT2D eigenvalue weighted by atomic mass is 9.98. The molecule has 1 aliphatic carbocycles. The minimum absolute atomic E-state index is 0.166. The number of allylic oxidation sites excluding steroid dienone is 4. The molecule has 3 nitrogen and oxygen atoms in total. The van der Waals surface area contributed by atoms with Gasteiger partial charge in [-0.3, -0.25) is 4.79 Å². The van der Waals surface area contributed by atoms with Gasteiger partial charge in [0.2, 0.25) is 0 Å². The Morgan fingerprint density at radius 1 is 1.50 bits per heavy atom. The van der Waals surface area contributed by atoms with E-state index in [1.165, 1.54) is 11.8 Å². The van der Waals surface area contributed by atoms with E-state index in [2.05, 4.69) is 27.3 Å². The van der Waals surface area contributed by atoms with Gasteiger partial charge < -0.3 is 9.73 Å². The first-order valence-corrected chi connectivity index (χ1v) is 8.01. The molecule has 1 unspecified atom stereocenters. The maximum absolute atomic E-state index is 11.6. The van der Waals surface area contributed by atoms with Gasteiger partial charge in [-0.2, -0.15) is 0 Å². The van der Waals surface area contributed by atoms with E-state index in [0.717, 1.165) is 16.7 Å². The number of amides is 1. The molecule has 0 aromatic carbocycles. The number of thioether (sulfide) groups is 1. The van der Waals surface area contributed by atoms with Crippen LogP contribution in [0.25, 0.3) is 6.08 Å². The van der Waals surface area contributed by atoms with E-state index in [-0.39, 0.29) is 11.8 Å². The Labute approximate surface area is 134 Å². The number of nitrogens with one attached hydrogen (secondary N) is 1. The summed E-state index contributed by atoms with van der Waals surface area (Å²) in [4.78, 5) is 12.2. The van der Waals surface area contributed by atoms with Crippen molar-refractivity contribution in [1.29, 1.82) is 0 Å². The quantitative estimate of drug-likeness (QED) is 0.631. The Bertz CT molecular complexity index is 672. The standard InChI is InChI=1S/C14H10BrNO2S2/c15-9-3-1-2-8(6-9)11-5-4-10(18-11)7-12-13(17)16-14(19)20-12/h1-5,7-8H,6H2,(H,16,17,19)/b12-7-. The van der Waals surface area contributed by atoms with E-state index in [0.29, 0.717) is 15.0 Å². The molecule has 1 aromatic heterocycles. The predicted octanol–water partition coefficient (Wildman–Crippen LogP) is 4.09. The number of hydrogen-bond acceptors (Lipinski definition) is 4. The summed E-state index contributed by atoms with van der Waals surface area (Å²) < 4.78 is 7.44. The van der Waals surface area contributed by atoms with Crippen molar-refractivity contribution in [2.75, 3.05) is 0 Å². The molecular weight excluding hydrogens is 358 g/mol. The highest BCUT2D eigenvalue weighted by atomic mass is 79.9. The number of rotatable bonds is 2. The van der Waals surface area contributed by atoms with Crippen LogP contribution < -0.4 is 5.32 Å². The number of carbonyl (C=O) groups excluding carboxylic acids is 1. The predicted molar refractivity (Wildman–Crippen MR) is 88.5 cm³/mol. The van der Waals surface area contributed by atoms with Crippen molar-refractivity contribution in [2.24, 2.45) is 0 Å². The maximum atomic E-state index is 11.6. The average Bonchev–Trinajstić information content (AvgIpc) is 2.97. The minimum atomic E-state index is -0.166. The monoisotopic (exact) mass is 367 g/mol. The second-order valence-corrected chi connectivity index (χ2v) is 7.14. The largest absolute Gasteiger partial charge is 0.461 e. The summed E-state index contributed by atoms with van der Waals surface area (Å²) in [6, 6.07) is 3.82. The van der Waals surface area contributed by atoms with Gasteiger partial charge >= 0.3 is 0 Å².